The monoisotopic (exact) mass is 351 g/mol. The molecule has 2 aromatic carbocycles. The van der Waals surface area contributed by atoms with E-state index in [1.165, 1.54) is 19.2 Å². The van der Waals surface area contributed by atoms with Crippen LogP contribution in [0.2, 0.25) is 0 Å². The Morgan fingerprint density at radius 2 is 1.90 bits per heavy atom. The first-order chi connectivity index (χ1) is 10.0. The summed E-state index contributed by atoms with van der Waals surface area (Å²) in [5.74, 6) is -0.853. The van der Waals surface area contributed by atoms with Gasteiger partial charge in [-0.2, -0.15) is 0 Å². The lowest BCUT2D eigenvalue weighted by atomic mass is 10.0. The second kappa shape index (κ2) is 6.72. The van der Waals surface area contributed by atoms with Crippen molar-refractivity contribution in [1.29, 1.82) is 0 Å². The van der Waals surface area contributed by atoms with E-state index in [1.54, 1.807) is 6.07 Å². The molecular formula is C16H15BrFNO2. The third-order valence-electron chi connectivity index (χ3n) is 3.14. The van der Waals surface area contributed by atoms with E-state index in [1.807, 2.05) is 31.2 Å². The quantitative estimate of drug-likeness (QED) is 0.838. The number of nitrogens with one attached hydrogen (secondary N) is 1. The van der Waals surface area contributed by atoms with Gasteiger partial charge in [0.1, 0.15) is 5.82 Å². The van der Waals surface area contributed by atoms with E-state index in [0.717, 1.165) is 15.7 Å². The fraction of sp³-hybridized carbons (Fsp3) is 0.188. The Hall–Kier alpha value is -1.88. The smallest absolute Gasteiger partial charge is 0.333 e. The summed E-state index contributed by atoms with van der Waals surface area (Å²) in [6.07, 6.45) is 0. The summed E-state index contributed by atoms with van der Waals surface area (Å²) >= 11 is 3.35. The van der Waals surface area contributed by atoms with Gasteiger partial charge in [0.15, 0.2) is 6.04 Å². The van der Waals surface area contributed by atoms with Gasteiger partial charge in [0, 0.05) is 10.2 Å². The van der Waals surface area contributed by atoms with E-state index in [0.29, 0.717) is 5.56 Å². The molecule has 0 spiro atoms. The van der Waals surface area contributed by atoms with Crippen LogP contribution in [0, 0.1) is 12.7 Å². The van der Waals surface area contributed by atoms with E-state index >= 15 is 0 Å². The second-order valence-electron chi connectivity index (χ2n) is 4.61. The maximum atomic E-state index is 13.5. The van der Waals surface area contributed by atoms with E-state index in [-0.39, 0.29) is 5.82 Å². The molecule has 110 valence electrons. The van der Waals surface area contributed by atoms with Gasteiger partial charge < -0.3 is 10.1 Å². The number of carbonyl (C=O) groups is 1. The fourth-order valence-corrected chi connectivity index (χ4v) is 2.28. The molecule has 0 aliphatic rings. The minimum absolute atomic E-state index is 0.387. The lowest BCUT2D eigenvalue weighted by Gasteiger charge is -2.20. The number of hydrogen-bond acceptors (Lipinski definition) is 3. The van der Waals surface area contributed by atoms with Crippen molar-refractivity contribution < 1.29 is 13.9 Å². The largest absolute Gasteiger partial charge is 0.467 e. The molecular weight excluding hydrogens is 337 g/mol. The van der Waals surface area contributed by atoms with Crippen molar-refractivity contribution in [1.82, 2.24) is 0 Å². The van der Waals surface area contributed by atoms with Crippen LogP contribution in [0.4, 0.5) is 10.1 Å². The third-order valence-corrected chi connectivity index (χ3v) is 3.67. The molecule has 2 aromatic rings. The second-order valence-corrected chi connectivity index (χ2v) is 5.52. The van der Waals surface area contributed by atoms with Gasteiger partial charge in [-0.3, -0.25) is 0 Å². The normalized spacial score (nSPS) is 11.8. The van der Waals surface area contributed by atoms with Crippen molar-refractivity contribution >= 4 is 27.6 Å². The first kappa shape index (κ1) is 15.5. The minimum atomic E-state index is -0.758. The van der Waals surface area contributed by atoms with Crippen LogP contribution in [0.5, 0.6) is 0 Å². The lowest BCUT2D eigenvalue weighted by molar-refractivity contribution is -0.141. The zero-order chi connectivity index (χ0) is 15.4. The summed E-state index contributed by atoms with van der Waals surface area (Å²) in [6, 6.07) is 11.0. The predicted octanol–water partition coefficient (Wildman–Crippen LogP) is 4.22. The van der Waals surface area contributed by atoms with Crippen LogP contribution in [-0.2, 0) is 9.53 Å². The SMILES string of the molecule is COC(=O)C(Nc1ccc(Br)cc1)c1cc(F)ccc1C. The molecule has 0 aliphatic heterocycles. The Balaban J connectivity index is 2.36. The van der Waals surface area contributed by atoms with Crippen LogP contribution >= 0.6 is 15.9 Å². The Kier molecular flexibility index (Phi) is 4.96. The number of anilines is 1. The first-order valence-corrected chi connectivity index (χ1v) is 7.16. The van der Waals surface area contributed by atoms with Crippen LogP contribution in [0.3, 0.4) is 0 Å². The summed E-state index contributed by atoms with van der Waals surface area (Å²) in [4.78, 5) is 12.0. The van der Waals surface area contributed by atoms with Crippen molar-refractivity contribution in [2.75, 3.05) is 12.4 Å². The Bertz CT molecular complexity index is 643. The molecule has 0 aliphatic carbocycles. The van der Waals surface area contributed by atoms with Gasteiger partial charge in [-0.25, -0.2) is 9.18 Å². The molecule has 0 radical (unpaired) electrons. The third kappa shape index (κ3) is 3.82. The highest BCUT2D eigenvalue weighted by Gasteiger charge is 2.23. The van der Waals surface area contributed by atoms with E-state index < -0.39 is 12.0 Å². The molecule has 1 N–H and O–H groups in total. The number of hydrogen-bond donors (Lipinski definition) is 1. The summed E-state index contributed by atoms with van der Waals surface area (Å²) in [5, 5.41) is 3.08. The molecule has 0 heterocycles. The summed E-state index contributed by atoms with van der Waals surface area (Å²) < 4.78 is 19.2. The van der Waals surface area contributed by atoms with Gasteiger partial charge in [-0.05, 0) is 54.4 Å². The molecule has 0 saturated heterocycles. The number of carbonyl (C=O) groups excluding carboxylic acids is 1. The van der Waals surface area contributed by atoms with Gasteiger partial charge in [0.25, 0.3) is 0 Å². The number of halogens is 2. The highest BCUT2D eigenvalue weighted by molar-refractivity contribution is 9.10. The molecule has 0 bridgehead atoms. The van der Waals surface area contributed by atoms with Crippen molar-refractivity contribution in [2.24, 2.45) is 0 Å². The van der Waals surface area contributed by atoms with Crippen LogP contribution < -0.4 is 5.32 Å². The molecule has 0 aromatic heterocycles. The number of rotatable bonds is 4. The van der Waals surface area contributed by atoms with Crippen molar-refractivity contribution in [3.8, 4) is 0 Å². The molecule has 2 rings (SSSR count). The number of aryl methyl sites for hydroxylation is 1. The molecule has 5 heteroatoms. The standard InChI is InChI=1S/C16H15BrFNO2/c1-10-3-6-12(18)9-14(10)15(16(20)21-2)19-13-7-4-11(17)5-8-13/h3-9,15,19H,1-2H3. The average Bonchev–Trinajstić information content (AvgIpc) is 2.48. The highest BCUT2D eigenvalue weighted by Crippen LogP contribution is 2.25. The Labute approximate surface area is 131 Å². The van der Waals surface area contributed by atoms with E-state index in [2.05, 4.69) is 21.2 Å². The molecule has 0 saturated carbocycles. The Morgan fingerprint density at radius 3 is 2.52 bits per heavy atom. The van der Waals surface area contributed by atoms with Crippen LogP contribution in [0.15, 0.2) is 46.9 Å². The maximum Gasteiger partial charge on any atom is 0.333 e. The van der Waals surface area contributed by atoms with E-state index in [4.69, 9.17) is 4.74 Å². The van der Waals surface area contributed by atoms with Gasteiger partial charge >= 0.3 is 5.97 Å². The fourth-order valence-electron chi connectivity index (χ4n) is 2.02. The number of esters is 1. The molecule has 1 atom stereocenters. The Morgan fingerprint density at radius 1 is 1.24 bits per heavy atom. The summed E-state index contributed by atoms with van der Waals surface area (Å²) in [5.41, 5.74) is 2.12. The number of benzene rings is 2. The molecule has 21 heavy (non-hydrogen) atoms. The number of ether oxygens (including phenoxy) is 1. The zero-order valence-electron chi connectivity index (χ0n) is 11.7. The predicted molar refractivity (Wildman–Crippen MR) is 83.7 cm³/mol. The van der Waals surface area contributed by atoms with Crippen LogP contribution in [0.25, 0.3) is 0 Å². The van der Waals surface area contributed by atoms with Gasteiger partial charge in [0.05, 0.1) is 7.11 Å². The minimum Gasteiger partial charge on any atom is -0.467 e. The van der Waals surface area contributed by atoms with E-state index in [9.17, 15) is 9.18 Å². The molecule has 1 unspecified atom stereocenters. The zero-order valence-corrected chi connectivity index (χ0v) is 13.3. The van der Waals surface area contributed by atoms with Gasteiger partial charge in [-0.1, -0.05) is 22.0 Å². The maximum absolute atomic E-state index is 13.5. The number of methoxy groups -OCH3 is 1. The molecule has 3 nitrogen and oxygen atoms in total. The summed E-state index contributed by atoms with van der Waals surface area (Å²) in [7, 11) is 1.31. The highest BCUT2D eigenvalue weighted by atomic mass is 79.9. The molecule has 0 fully saturated rings. The lowest BCUT2D eigenvalue weighted by Crippen LogP contribution is -2.23. The van der Waals surface area contributed by atoms with Gasteiger partial charge in [-0.15, -0.1) is 0 Å². The van der Waals surface area contributed by atoms with Crippen LogP contribution in [-0.4, -0.2) is 13.1 Å². The molecule has 0 amide bonds. The van der Waals surface area contributed by atoms with Crippen molar-refractivity contribution in [2.45, 2.75) is 13.0 Å². The average molecular weight is 352 g/mol. The van der Waals surface area contributed by atoms with Gasteiger partial charge in [0.2, 0.25) is 0 Å². The van der Waals surface area contributed by atoms with Crippen LogP contribution in [0.1, 0.15) is 17.2 Å². The summed E-state index contributed by atoms with van der Waals surface area (Å²) in [6.45, 7) is 1.83. The topological polar surface area (TPSA) is 38.3 Å². The first-order valence-electron chi connectivity index (χ1n) is 6.37. The van der Waals surface area contributed by atoms with Crippen molar-refractivity contribution in [3.05, 3.63) is 63.9 Å². The van der Waals surface area contributed by atoms with Crippen molar-refractivity contribution in [3.63, 3.8) is 0 Å².